The molecule has 2 heterocycles. The van der Waals surface area contributed by atoms with Crippen LogP contribution in [0.25, 0.3) is 0 Å². The first kappa shape index (κ1) is 27.4. The van der Waals surface area contributed by atoms with E-state index in [1.165, 1.54) is 54.4 Å². The molecule has 0 aromatic carbocycles. The van der Waals surface area contributed by atoms with Gasteiger partial charge in [0.25, 0.3) is 0 Å². The third-order valence-corrected chi connectivity index (χ3v) is 7.10. The monoisotopic (exact) mass is 528 g/mol. The van der Waals surface area contributed by atoms with Crippen molar-refractivity contribution in [3.63, 3.8) is 0 Å². The highest BCUT2D eigenvalue weighted by Gasteiger charge is 2.46. The number of nitrogens with zero attached hydrogens (tertiary/aromatic N) is 1. The highest BCUT2D eigenvalue weighted by atomic mass is 127. The molecule has 2 saturated heterocycles. The molecule has 0 aliphatic carbocycles. The van der Waals surface area contributed by atoms with Crippen LogP contribution in [0.2, 0.25) is 0 Å². The second kappa shape index (κ2) is 13.7. The highest BCUT2D eigenvalue weighted by molar-refractivity contribution is 5.87. The molecule has 0 aromatic heterocycles. The number of quaternary nitrogens is 1. The first-order valence-corrected chi connectivity index (χ1v) is 11.9. The zero-order chi connectivity index (χ0) is 21.3. The maximum Gasteiger partial charge on any atom is 0.243 e. The molecule has 2 aliphatic rings. The minimum atomic E-state index is 0. The fraction of sp³-hybridized carbons (Fsp3) is 0.731. The summed E-state index contributed by atoms with van der Waals surface area (Å²) in [5, 5.41) is 3.18. The number of piperidine rings is 1. The summed E-state index contributed by atoms with van der Waals surface area (Å²) in [5.74, 6) is 1.18. The standard InChI is InChI=1S/C26H44N2O.HI/c1-21(2)10-8-11-22(3)12-9-13-23(4)15-16-26(29)27-20-24-17-19-28(5)18-7-6-14-25(24)28;/h10,12,15-16,23-25H,6-9,11,13-14,17-20H2,1-5H3;1H/b16-15+,22-12+;/t23-,24-,25+,28?;/m1./s1. The lowest BCUT2D eigenvalue weighted by atomic mass is 9.92. The molecule has 1 N–H and O–H groups in total. The Kier molecular flexibility index (Phi) is 12.5. The predicted molar refractivity (Wildman–Crippen MR) is 125 cm³/mol. The van der Waals surface area contributed by atoms with Crippen molar-refractivity contribution < 1.29 is 33.3 Å². The second-order valence-electron chi connectivity index (χ2n) is 10.1. The summed E-state index contributed by atoms with van der Waals surface area (Å²) >= 11 is 0. The van der Waals surface area contributed by atoms with Crippen LogP contribution in [0, 0.1) is 11.8 Å². The van der Waals surface area contributed by atoms with E-state index in [4.69, 9.17) is 0 Å². The number of hydrogen-bond acceptors (Lipinski definition) is 1. The summed E-state index contributed by atoms with van der Waals surface area (Å²) in [7, 11) is 2.42. The summed E-state index contributed by atoms with van der Waals surface area (Å²) in [6, 6.07) is 0.763. The molecule has 0 saturated carbocycles. The van der Waals surface area contributed by atoms with Crippen molar-refractivity contribution in [2.45, 2.75) is 85.1 Å². The van der Waals surface area contributed by atoms with Gasteiger partial charge in [0.15, 0.2) is 0 Å². The van der Waals surface area contributed by atoms with Crippen LogP contribution in [-0.4, -0.2) is 43.1 Å². The fourth-order valence-electron chi connectivity index (χ4n) is 5.14. The van der Waals surface area contributed by atoms with Crippen LogP contribution in [0.3, 0.4) is 0 Å². The van der Waals surface area contributed by atoms with Crippen LogP contribution < -0.4 is 29.3 Å². The maximum atomic E-state index is 12.3. The Balaban J connectivity index is 0.00000450. The Morgan fingerprint density at radius 1 is 1.10 bits per heavy atom. The van der Waals surface area contributed by atoms with Crippen LogP contribution >= 0.6 is 0 Å². The average molecular weight is 529 g/mol. The normalized spacial score (nSPS) is 27.3. The number of amides is 1. The molecule has 172 valence electrons. The van der Waals surface area contributed by atoms with E-state index < -0.39 is 0 Å². The zero-order valence-corrected chi connectivity index (χ0v) is 22.2. The summed E-state index contributed by atoms with van der Waals surface area (Å²) in [4.78, 5) is 12.3. The Hall–Kier alpha value is -0.620. The van der Waals surface area contributed by atoms with Crippen LogP contribution in [0.1, 0.15) is 79.1 Å². The van der Waals surface area contributed by atoms with Crippen molar-refractivity contribution in [2.75, 3.05) is 26.7 Å². The quantitative estimate of drug-likeness (QED) is 0.201. The molecule has 2 fully saturated rings. The van der Waals surface area contributed by atoms with Gasteiger partial charge in [0.05, 0.1) is 26.2 Å². The first-order valence-electron chi connectivity index (χ1n) is 11.9. The number of rotatable bonds is 10. The average Bonchev–Trinajstić information content (AvgIpc) is 3.01. The lowest BCUT2D eigenvalue weighted by Crippen LogP contribution is -3.00. The SMILES string of the molecule is CC(C)=CCC/C(C)=C/CC[C@@H](C)/C=C/C(=O)NC[C@H]1CC[N+]2(C)CCCC[C@@H]12.[I-]. The molecular formula is C26H45IN2O. The Morgan fingerprint density at radius 3 is 2.60 bits per heavy atom. The molecular weight excluding hydrogens is 483 g/mol. The van der Waals surface area contributed by atoms with E-state index in [0.717, 1.165) is 38.3 Å². The van der Waals surface area contributed by atoms with Gasteiger partial charge >= 0.3 is 0 Å². The summed E-state index contributed by atoms with van der Waals surface area (Å²) < 4.78 is 1.24. The zero-order valence-electron chi connectivity index (χ0n) is 20.1. The lowest BCUT2D eigenvalue weighted by molar-refractivity contribution is -0.927. The van der Waals surface area contributed by atoms with E-state index in [2.05, 4.69) is 58.3 Å². The second-order valence-corrected chi connectivity index (χ2v) is 10.1. The van der Waals surface area contributed by atoms with Gasteiger partial charge in [0.2, 0.25) is 5.91 Å². The Bertz CT molecular complexity index is 621. The summed E-state index contributed by atoms with van der Waals surface area (Å²) in [6.07, 6.45) is 18.3. The van der Waals surface area contributed by atoms with Crippen molar-refractivity contribution in [3.05, 3.63) is 35.5 Å². The minimum Gasteiger partial charge on any atom is -1.00 e. The molecule has 0 radical (unpaired) electrons. The van der Waals surface area contributed by atoms with Gasteiger partial charge in [0, 0.05) is 25.3 Å². The first-order chi connectivity index (χ1) is 13.8. The summed E-state index contributed by atoms with van der Waals surface area (Å²) in [6.45, 7) is 12.2. The van der Waals surface area contributed by atoms with Crippen LogP contribution in [-0.2, 0) is 4.79 Å². The molecule has 1 amide bonds. The van der Waals surface area contributed by atoms with Gasteiger partial charge in [-0.15, -0.1) is 0 Å². The lowest BCUT2D eigenvalue weighted by Gasteiger charge is -2.41. The van der Waals surface area contributed by atoms with E-state index in [9.17, 15) is 4.79 Å². The third-order valence-electron chi connectivity index (χ3n) is 7.10. The van der Waals surface area contributed by atoms with Gasteiger partial charge in [-0.3, -0.25) is 4.79 Å². The molecule has 1 unspecified atom stereocenters. The van der Waals surface area contributed by atoms with E-state index in [1.54, 1.807) is 6.08 Å². The van der Waals surface area contributed by atoms with Crippen LogP contribution in [0.5, 0.6) is 0 Å². The van der Waals surface area contributed by atoms with E-state index in [-0.39, 0.29) is 29.9 Å². The number of hydrogen-bond donors (Lipinski definition) is 1. The molecule has 0 bridgehead atoms. The van der Waals surface area contributed by atoms with Crippen molar-refractivity contribution in [2.24, 2.45) is 11.8 Å². The molecule has 0 spiro atoms. The predicted octanol–water partition coefficient (Wildman–Crippen LogP) is 2.79. The van der Waals surface area contributed by atoms with E-state index in [1.807, 2.05) is 0 Å². The molecule has 3 nitrogen and oxygen atoms in total. The van der Waals surface area contributed by atoms with Gasteiger partial charge < -0.3 is 33.8 Å². The fourth-order valence-corrected chi connectivity index (χ4v) is 5.14. The molecule has 2 aliphatic heterocycles. The van der Waals surface area contributed by atoms with Crippen molar-refractivity contribution in [3.8, 4) is 0 Å². The number of nitrogens with one attached hydrogen (secondary N) is 1. The topological polar surface area (TPSA) is 29.1 Å². The van der Waals surface area contributed by atoms with Gasteiger partial charge in [-0.1, -0.05) is 36.3 Å². The molecule has 2 rings (SSSR count). The Labute approximate surface area is 203 Å². The van der Waals surface area contributed by atoms with Crippen LogP contribution in [0.15, 0.2) is 35.5 Å². The number of allylic oxidation sites excluding steroid dienone is 5. The number of fused-ring (bicyclic) bond motifs is 1. The van der Waals surface area contributed by atoms with E-state index in [0.29, 0.717) is 11.8 Å². The van der Waals surface area contributed by atoms with Gasteiger partial charge in [0.1, 0.15) is 0 Å². The highest BCUT2D eigenvalue weighted by Crippen LogP contribution is 2.36. The molecule has 4 heteroatoms. The van der Waals surface area contributed by atoms with Crippen molar-refractivity contribution in [1.82, 2.24) is 5.32 Å². The molecule has 30 heavy (non-hydrogen) atoms. The largest absolute Gasteiger partial charge is 1.00 e. The third kappa shape index (κ3) is 9.25. The van der Waals surface area contributed by atoms with Crippen LogP contribution in [0.4, 0.5) is 0 Å². The van der Waals surface area contributed by atoms with Crippen molar-refractivity contribution >= 4 is 5.91 Å². The number of carbonyl (C=O) groups is 1. The Morgan fingerprint density at radius 2 is 1.87 bits per heavy atom. The molecule has 0 aromatic rings. The number of halogens is 1. The van der Waals surface area contributed by atoms with E-state index >= 15 is 0 Å². The smallest absolute Gasteiger partial charge is 0.243 e. The maximum absolute atomic E-state index is 12.3. The number of carbonyl (C=O) groups excluding carboxylic acids is 1. The molecule has 4 atom stereocenters. The van der Waals surface area contributed by atoms with Gasteiger partial charge in [-0.25, -0.2) is 0 Å². The van der Waals surface area contributed by atoms with Gasteiger partial charge in [-0.05, 0) is 71.3 Å². The summed E-state index contributed by atoms with van der Waals surface area (Å²) in [5.41, 5.74) is 2.87. The minimum absolute atomic E-state index is 0. The van der Waals surface area contributed by atoms with Crippen molar-refractivity contribution in [1.29, 1.82) is 0 Å². The van der Waals surface area contributed by atoms with Gasteiger partial charge in [-0.2, -0.15) is 0 Å².